The first kappa shape index (κ1) is 14.3. The van der Waals surface area contributed by atoms with Crippen molar-refractivity contribution in [1.29, 1.82) is 0 Å². The molecule has 1 atom stereocenters. The molecule has 2 rings (SSSR count). The van der Waals surface area contributed by atoms with Crippen LogP contribution in [0.4, 0.5) is 10.2 Å². The van der Waals surface area contributed by atoms with Gasteiger partial charge in [0.25, 0.3) is 0 Å². The van der Waals surface area contributed by atoms with Gasteiger partial charge >= 0.3 is 5.82 Å². The van der Waals surface area contributed by atoms with Crippen molar-refractivity contribution in [3.05, 3.63) is 56.7 Å². The van der Waals surface area contributed by atoms with E-state index in [-0.39, 0.29) is 11.6 Å². The molecule has 104 valence electrons. The van der Waals surface area contributed by atoms with E-state index in [1.165, 1.54) is 24.4 Å². The third-order valence-corrected chi connectivity index (χ3v) is 2.88. The van der Waals surface area contributed by atoms with Crippen LogP contribution < -0.4 is 4.74 Å². The van der Waals surface area contributed by atoms with Gasteiger partial charge in [0.2, 0.25) is 5.75 Å². The Labute approximate surface area is 121 Å². The monoisotopic (exact) mass is 341 g/mol. The van der Waals surface area contributed by atoms with Gasteiger partial charge in [-0.25, -0.2) is 4.39 Å². The van der Waals surface area contributed by atoms with Gasteiger partial charge in [-0.1, -0.05) is 0 Å². The lowest BCUT2D eigenvalue weighted by Crippen LogP contribution is -2.07. The summed E-state index contributed by atoms with van der Waals surface area (Å²) >= 11 is 3.17. The Balaban J connectivity index is 2.27. The predicted octanol–water partition coefficient (Wildman–Crippen LogP) is 3.43. The lowest BCUT2D eigenvalue weighted by Gasteiger charge is -2.13. The molecule has 8 heteroatoms. The number of hydrogen-bond acceptors (Lipinski definition) is 5. The van der Waals surface area contributed by atoms with Crippen molar-refractivity contribution in [2.45, 2.75) is 13.0 Å². The van der Waals surface area contributed by atoms with Crippen molar-refractivity contribution in [3.63, 3.8) is 0 Å². The zero-order chi connectivity index (χ0) is 14.7. The Morgan fingerprint density at radius 1 is 1.40 bits per heavy atom. The van der Waals surface area contributed by atoms with Crippen molar-refractivity contribution in [2.24, 2.45) is 0 Å². The SMILES string of the molecule is CC(Oc1cc(Br)cnc1[N+](=O)[O-])c1ccc(F)cn1. The summed E-state index contributed by atoms with van der Waals surface area (Å²) in [5.41, 5.74) is 0.459. The molecule has 0 saturated heterocycles. The summed E-state index contributed by atoms with van der Waals surface area (Å²) in [4.78, 5) is 17.8. The lowest BCUT2D eigenvalue weighted by atomic mass is 10.2. The summed E-state index contributed by atoms with van der Waals surface area (Å²) in [6, 6.07) is 4.15. The van der Waals surface area contributed by atoms with Gasteiger partial charge in [0.15, 0.2) is 6.20 Å². The molecule has 0 amide bonds. The summed E-state index contributed by atoms with van der Waals surface area (Å²) < 4.78 is 18.8. The highest BCUT2D eigenvalue weighted by atomic mass is 79.9. The number of pyridine rings is 2. The molecular weight excluding hydrogens is 333 g/mol. The molecule has 0 radical (unpaired) electrons. The first-order chi connectivity index (χ1) is 9.47. The molecule has 0 N–H and O–H groups in total. The van der Waals surface area contributed by atoms with Crippen molar-refractivity contribution in [1.82, 2.24) is 9.97 Å². The van der Waals surface area contributed by atoms with Crippen LogP contribution in [-0.2, 0) is 0 Å². The summed E-state index contributed by atoms with van der Waals surface area (Å²) in [5, 5.41) is 10.9. The van der Waals surface area contributed by atoms with Crippen molar-refractivity contribution >= 4 is 21.7 Å². The zero-order valence-corrected chi connectivity index (χ0v) is 11.9. The fourth-order valence-corrected chi connectivity index (χ4v) is 1.83. The second kappa shape index (κ2) is 5.91. The minimum Gasteiger partial charge on any atom is -0.476 e. The normalized spacial score (nSPS) is 11.9. The highest BCUT2D eigenvalue weighted by Gasteiger charge is 2.20. The molecule has 0 bridgehead atoms. The van der Waals surface area contributed by atoms with E-state index in [0.717, 1.165) is 6.20 Å². The molecule has 2 aromatic heterocycles. The summed E-state index contributed by atoms with van der Waals surface area (Å²) in [5.74, 6) is -0.832. The van der Waals surface area contributed by atoms with Gasteiger partial charge in [-0.15, -0.1) is 0 Å². The molecule has 0 spiro atoms. The third kappa shape index (κ3) is 3.27. The maximum atomic E-state index is 12.8. The van der Waals surface area contributed by atoms with Crippen LogP contribution in [0, 0.1) is 15.9 Å². The van der Waals surface area contributed by atoms with Gasteiger partial charge in [-0.05, 0) is 44.9 Å². The Hall–Kier alpha value is -2.09. The van der Waals surface area contributed by atoms with Gasteiger partial charge in [-0.2, -0.15) is 0 Å². The highest BCUT2D eigenvalue weighted by Crippen LogP contribution is 2.31. The second-order valence-electron chi connectivity index (χ2n) is 3.89. The number of aromatic nitrogens is 2. The third-order valence-electron chi connectivity index (χ3n) is 2.44. The van der Waals surface area contributed by atoms with E-state index in [4.69, 9.17) is 4.74 Å². The molecule has 20 heavy (non-hydrogen) atoms. The number of nitro groups is 1. The minimum atomic E-state index is -0.632. The highest BCUT2D eigenvalue weighted by molar-refractivity contribution is 9.10. The van der Waals surface area contributed by atoms with Crippen LogP contribution in [0.3, 0.4) is 0 Å². The van der Waals surface area contributed by atoms with E-state index in [0.29, 0.717) is 10.2 Å². The van der Waals surface area contributed by atoms with Crippen LogP contribution in [0.25, 0.3) is 0 Å². The van der Waals surface area contributed by atoms with Crippen LogP contribution in [0.5, 0.6) is 5.75 Å². The Morgan fingerprint density at radius 3 is 2.75 bits per heavy atom. The average molecular weight is 342 g/mol. The van der Waals surface area contributed by atoms with E-state index in [9.17, 15) is 14.5 Å². The van der Waals surface area contributed by atoms with E-state index in [1.807, 2.05) is 0 Å². The van der Waals surface area contributed by atoms with Crippen LogP contribution in [0.15, 0.2) is 35.1 Å². The number of nitrogens with zero attached hydrogens (tertiary/aromatic N) is 3. The van der Waals surface area contributed by atoms with E-state index >= 15 is 0 Å². The Morgan fingerprint density at radius 2 is 2.15 bits per heavy atom. The maximum Gasteiger partial charge on any atom is 0.406 e. The quantitative estimate of drug-likeness (QED) is 0.628. The van der Waals surface area contributed by atoms with Crippen molar-refractivity contribution < 1.29 is 14.1 Å². The van der Waals surface area contributed by atoms with Gasteiger partial charge in [-0.3, -0.25) is 4.98 Å². The minimum absolute atomic E-state index is 0.0167. The standard InChI is InChI=1S/C12H9BrFN3O3/c1-7(10-3-2-9(14)6-15-10)20-11-4-8(13)5-16-12(11)17(18)19/h2-7H,1H3. The van der Waals surface area contributed by atoms with Crippen molar-refractivity contribution in [2.75, 3.05) is 0 Å². The molecular formula is C12H9BrFN3O3. The maximum absolute atomic E-state index is 12.8. The van der Waals surface area contributed by atoms with Gasteiger partial charge < -0.3 is 14.9 Å². The molecule has 2 heterocycles. The Bertz CT molecular complexity index is 636. The first-order valence-electron chi connectivity index (χ1n) is 5.55. The smallest absolute Gasteiger partial charge is 0.406 e. The number of halogens is 2. The molecule has 2 aromatic rings. The summed E-state index contributed by atoms with van der Waals surface area (Å²) in [6.45, 7) is 1.66. The zero-order valence-electron chi connectivity index (χ0n) is 10.3. The molecule has 0 aliphatic carbocycles. The van der Waals surface area contributed by atoms with Gasteiger partial charge in [0.05, 0.1) is 16.4 Å². The number of rotatable bonds is 4. The topological polar surface area (TPSA) is 78.2 Å². The number of ether oxygens (including phenoxy) is 1. The molecule has 0 fully saturated rings. The molecule has 1 unspecified atom stereocenters. The molecule has 0 aromatic carbocycles. The number of hydrogen-bond donors (Lipinski definition) is 0. The van der Waals surface area contributed by atoms with Crippen molar-refractivity contribution in [3.8, 4) is 5.75 Å². The molecule has 0 aliphatic heterocycles. The second-order valence-corrected chi connectivity index (χ2v) is 4.81. The fraction of sp³-hybridized carbons (Fsp3) is 0.167. The Kier molecular flexibility index (Phi) is 4.23. The van der Waals surface area contributed by atoms with E-state index in [2.05, 4.69) is 25.9 Å². The van der Waals surface area contributed by atoms with E-state index < -0.39 is 16.8 Å². The van der Waals surface area contributed by atoms with Crippen LogP contribution in [0.2, 0.25) is 0 Å². The van der Waals surface area contributed by atoms with Crippen LogP contribution >= 0.6 is 15.9 Å². The van der Waals surface area contributed by atoms with Gasteiger partial charge in [0.1, 0.15) is 11.9 Å². The summed E-state index contributed by atoms with van der Waals surface area (Å²) in [7, 11) is 0. The van der Waals surface area contributed by atoms with Crippen LogP contribution in [0.1, 0.15) is 18.7 Å². The molecule has 0 saturated carbocycles. The summed E-state index contributed by atoms with van der Waals surface area (Å²) in [6.07, 6.45) is 1.79. The largest absolute Gasteiger partial charge is 0.476 e. The molecule has 6 nitrogen and oxygen atoms in total. The average Bonchev–Trinajstić information content (AvgIpc) is 2.39. The predicted molar refractivity (Wildman–Crippen MR) is 71.8 cm³/mol. The van der Waals surface area contributed by atoms with Gasteiger partial charge in [0, 0.05) is 6.07 Å². The van der Waals surface area contributed by atoms with Crippen LogP contribution in [-0.4, -0.2) is 14.9 Å². The molecule has 0 aliphatic rings. The first-order valence-corrected chi connectivity index (χ1v) is 6.34. The fourth-order valence-electron chi connectivity index (χ4n) is 1.52. The lowest BCUT2D eigenvalue weighted by molar-refractivity contribution is -0.390. The van der Waals surface area contributed by atoms with E-state index in [1.54, 1.807) is 6.92 Å².